The van der Waals surface area contributed by atoms with Crippen molar-refractivity contribution >= 4 is 11.7 Å². The zero-order valence-corrected chi connectivity index (χ0v) is 11.7. The van der Waals surface area contributed by atoms with E-state index in [4.69, 9.17) is 4.42 Å². The number of nitrogens with zero attached hydrogens (tertiary/aromatic N) is 3. The second-order valence-electron chi connectivity index (χ2n) is 6.03. The van der Waals surface area contributed by atoms with E-state index in [2.05, 4.69) is 9.88 Å². The van der Waals surface area contributed by atoms with Crippen LogP contribution < -0.4 is 4.90 Å². The monoisotopic (exact) mass is 283 g/mol. The number of carbonyl (C=O) groups excluding carboxylic acids is 1. The Morgan fingerprint density at radius 2 is 2.14 bits per heavy atom. The van der Waals surface area contributed by atoms with Crippen LogP contribution in [0.5, 0.6) is 0 Å². The third kappa shape index (κ3) is 2.09. The van der Waals surface area contributed by atoms with Gasteiger partial charge in [0.15, 0.2) is 0 Å². The Bertz CT molecular complexity index is 633. The van der Waals surface area contributed by atoms with Gasteiger partial charge >= 0.3 is 0 Å². The number of rotatable bonds is 2. The number of carbonyl (C=O) groups is 1. The molecule has 0 radical (unpaired) electrons. The average Bonchev–Trinajstić information content (AvgIpc) is 3.15. The normalized spacial score (nSPS) is 19.8. The van der Waals surface area contributed by atoms with Crippen molar-refractivity contribution in [2.75, 3.05) is 31.1 Å². The van der Waals surface area contributed by atoms with E-state index in [9.17, 15) is 4.79 Å². The Morgan fingerprint density at radius 1 is 1.24 bits per heavy atom. The quantitative estimate of drug-likeness (QED) is 0.846. The molecule has 0 bridgehead atoms. The molecular formula is C16H17N3O2. The Balaban J connectivity index is 1.41. The number of hydrogen-bond acceptors (Lipinski definition) is 4. The van der Waals surface area contributed by atoms with Crippen molar-refractivity contribution in [1.82, 2.24) is 9.88 Å². The molecule has 0 unspecified atom stereocenters. The topological polar surface area (TPSA) is 49.6 Å². The summed E-state index contributed by atoms with van der Waals surface area (Å²) < 4.78 is 5.00. The van der Waals surface area contributed by atoms with Gasteiger partial charge in [0, 0.05) is 37.8 Å². The summed E-state index contributed by atoms with van der Waals surface area (Å²) in [6, 6.07) is 7.71. The lowest BCUT2D eigenvalue weighted by Crippen LogP contribution is -2.58. The van der Waals surface area contributed by atoms with Crippen LogP contribution in [-0.2, 0) is 0 Å². The first kappa shape index (κ1) is 12.4. The number of hydrogen-bond donors (Lipinski definition) is 0. The number of aromatic nitrogens is 1. The molecule has 0 aromatic carbocycles. The fraction of sp³-hybridized carbons (Fsp3) is 0.375. The predicted molar refractivity (Wildman–Crippen MR) is 78.1 cm³/mol. The van der Waals surface area contributed by atoms with Crippen molar-refractivity contribution in [3.05, 3.63) is 48.6 Å². The fourth-order valence-electron chi connectivity index (χ4n) is 3.40. The van der Waals surface area contributed by atoms with Crippen LogP contribution in [0.15, 0.2) is 47.4 Å². The van der Waals surface area contributed by atoms with Gasteiger partial charge in [-0.25, -0.2) is 4.98 Å². The van der Waals surface area contributed by atoms with Crippen LogP contribution in [0.2, 0.25) is 0 Å². The number of amides is 1. The van der Waals surface area contributed by atoms with Gasteiger partial charge in [-0.15, -0.1) is 0 Å². The van der Waals surface area contributed by atoms with Crippen LogP contribution in [0, 0.1) is 5.41 Å². The summed E-state index contributed by atoms with van der Waals surface area (Å²) >= 11 is 0. The van der Waals surface area contributed by atoms with Crippen LogP contribution in [0.25, 0.3) is 0 Å². The molecule has 2 fully saturated rings. The minimum atomic E-state index is 0.0805. The minimum absolute atomic E-state index is 0.0805. The smallest absolute Gasteiger partial charge is 0.257 e. The summed E-state index contributed by atoms with van der Waals surface area (Å²) in [6.45, 7) is 3.64. The Labute approximate surface area is 123 Å². The molecule has 0 N–H and O–H groups in total. The zero-order chi connectivity index (χ0) is 14.3. The molecule has 2 aromatic heterocycles. The van der Waals surface area contributed by atoms with E-state index in [0.717, 1.165) is 38.4 Å². The fourth-order valence-corrected chi connectivity index (χ4v) is 3.40. The maximum absolute atomic E-state index is 12.3. The highest BCUT2D eigenvalue weighted by Crippen LogP contribution is 2.41. The van der Waals surface area contributed by atoms with Gasteiger partial charge in [-0.3, -0.25) is 4.79 Å². The SMILES string of the molecule is O=C(c1ccoc1)N1CCC2(C1)CN(c1ccccn1)C2. The lowest BCUT2D eigenvalue weighted by Gasteiger charge is -2.48. The third-order valence-corrected chi connectivity index (χ3v) is 4.52. The van der Waals surface area contributed by atoms with Crippen molar-refractivity contribution in [3.8, 4) is 0 Å². The third-order valence-electron chi connectivity index (χ3n) is 4.52. The van der Waals surface area contributed by atoms with Crippen molar-refractivity contribution in [3.63, 3.8) is 0 Å². The summed E-state index contributed by atoms with van der Waals surface area (Å²) in [5.41, 5.74) is 0.893. The molecule has 0 aliphatic carbocycles. The van der Waals surface area contributed by atoms with Gasteiger partial charge in [-0.1, -0.05) is 6.07 Å². The number of likely N-dealkylation sites (tertiary alicyclic amines) is 1. The maximum atomic E-state index is 12.3. The van der Waals surface area contributed by atoms with E-state index in [1.807, 2.05) is 29.3 Å². The summed E-state index contributed by atoms with van der Waals surface area (Å²) in [7, 11) is 0. The molecule has 5 heteroatoms. The second-order valence-corrected chi connectivity index (χ2v) is 6.03. The van der Waals surface area contributed by atoms with E-state index in [0.29, 0.717) is 5.56 Å². The Morgan fingerprint density at radius 3 is 2.86 bits per heavy atom. The Hall–Kier alpha value is -2.30. The number of pyridine rings is 1. The van der Waals surface area contributed by atoms with E-state index >= 15 is 0 Å². The van der Waals surface area contributed by atoms with E-state index in [-0.39, 0.29) is 11.3 Å². The van der Waals surface area contributed by atoms with E-state index in [1.54, 1.807) is 12.3 Å². The lowest BCUT2D eigenvalue weighted by atomic mass is 9.79. The van der Waals surface area contributed by atoms with Gasteiger partial charge < -0.3 is 14.2 Å². The first-order valence-corrected chi connectivity index (χ1v) is 7.23. The molecule has 21 heavy (non-hydrogen) atoms. The van der Waals surface area contributed by atoms with Gasteiger partial charge in [0.05, 0.1) is 11.8 Å². The molecule has 1 amide bonds. The van der Waals surface area contributed by atoms with Gasteiger partial charge in [-0.2, -0.15) is 0 Å². The molecule has 2 aliphatic rings. The molecule has 108 valence electrons. The lowest BCUT2D eigenvalue weighted by molar-refractivity contribution is 0.0762. The summed E-state index contributed by atoms with van der Waals surface area (Å²) in [4.78, 5) is 20.9. The Kier molecular flexibility index (Phi) is 2.74. The molecule has 2 aliphatic heterocycles. The van der Waals surface area contributed by atoms with E-state index in [1.165, 1.54) is 6.26 Å². The van der Waals surface area contributed by atoms with Gasteiger partial charge in [0.1, 0.15) is 12.1 Å². The average molecular weight is 283 g/mol. The van der Waals surface area contributed by atoms with E-state index < -0.39 is 0 Å². The van der Waals surface area contributed by atoms with Crippen LogP contribution >= 0.6 is 0 Å². The first-order valence-electron chi connectivity index (χ1n) is 7.23. The molecule has 1 spiro atoms. The van der Waals surface area contributed by atoms with Crippen LogP contribution in [0.3, 0.4) is 0 Å². The summed E-state index contributed by atoms with van der Waals surface area (Å²) in [5.74, 6) is 1.11. The largest absolute Gasteiger partial charge is 0.472 e. The number of furan rings is 1. The summed E-state index contributed by atoms with van der Waals surface area (Å²) in [6.07, 6.45) is 5.96. The van der Waals surface area contributed by atoms with Crippen LogP contribution in [0.4, 0.5) is 5.82 Å². The standard InChI is InChI=1S/C16H17N3O2/c20-15(13-4-8-21-9-13)18-7-5-16(10-18)11-19(12-16)14-3-1-2-6-17-14/h1-4,6,8-9H,5,7,10-12H2. The van der Waals surface area contributed by atoms with Gasteiger partial charge in [0.2, 0.25) is 0 Å². The van der Waals surface area contributed by atoms with Crippen molar-refractivity contribution in [1.29, 1.82) is 0 Å². The first-order chi connectivity index (χ1) is 10.3. The highest BCUT2D eigenvalue weighted by atomic mass is 16.3. The molecule has 0 saturated carbocycles. The van der Waals surface area contributed by atoms with Crippen molar-refractivity contribution < 1.29 is 9.21 Å². The van der Waals surface area contributed by atoms with Gasteiger partial charge in [-0.05, 0) is 24.6 Å². The highest BCUT2D eigenvalue weighted by molar-refractivity contribution is 5.94. The molecule has 5 nitrogen and oxygen atoms in total. The van der Waals surface area contributed by atoms with Crippen LogP contribution in [0.1, 0.15) is 16.8 Å². The zero-order valence-electron chi connectivity index (χ0n) is 11.7. The summed E-state index contributed by atoms with van der Waals surface area (Å²) in [5, 5.41) is 0. The number of anilines is 1. The molecule has 4 rings (SSSR count). The maximum Gasteiger partial charge on any atom is 0.257 e. The highest BCUT2D eigenvalue weighted by Gasteiger charge is 2.49. The van der Waals surface area contributed by atoms with Crippen molar-refractivity contribution in [2.45, 2.75) is 6.42 Å². The molecule has 4 heterocycles. The van der Waals surface area contributed by atoms with Crippen LogP contribution in [-0.4, -0.2) is 42.0 Å². The predicted octanol–water partition coefficient (Wildman–Crippen LogP) is 2.03. The molecule has 2 aromatic rings. The van der Waals surface area contributed by atoms with Crippen molar-refractivity contribution in [2.24, 2.45) is 5.41 Å². The van der Waals surface area contributed by atoms with Gasteiger partial charge in [0.25, 0.3) is 5.91 Å². The second kappa shape index (κ2) is 4.62. The minimum Gasteiger partial charge on any atom is -0.472 e. The molecule has 0 atom stereocenters. The molecular weight excluding hydrogens is 266 g/mol. The molecule has 2 saturated heterocycles.